The van der Waals surface area contributed by atoms with E-state index in [4.69, 9.17) is 14.2 Å². The molecule has 0 unspecified atom stereocenters. The van der Waals surface area contributed by atoms with Gasteiger partial charge in [-0.3, -0.25) is 0 Å². The minimum atomic E-state index is -0.0948. The van der Waals surface area contributed by atoms with Gasteiger partial charge in [0.05, 0.1) is 49.9 Å². The van der Waals surface area contributed by atoms with E-state index < -0.39 is 0 Å². The smallest absolute Gasteiger partial charge is 0.118 e. The van der Waals surface area contributed by atoms with Crippen LogP contribution in [0.5, 0.6) is 5.75 Å². The maximum absolute atomic E-state index is 9.61. The molecule has 5 atom stereocenters. The third kappa shape index (κ3) is 5.64. The van der Waals surface area contributed by atoms with E-state index in [-0.39, 0.29) is 37.1 Å². The molecule has 3 aromatic rings. The number of hydrogen-bond acceptors (Lipinski definition) is 6. The minimum Gasteiger partial charge on any atom is -0.497 e. The van der Waals surface area contributed by atoms with Crippen LogP contribution in [0.3, 0.4) is 0 Å². The molecule has 0 spiro atoms. The molecule has 1 aromatic heterocycles. The SMILES string of the molecule is CCCc1cn([C@H]2C[C@@H]3O[C@@H](CO)CC[C@@H]3O[C@@H]2CCc2ccc(-c3ccc(OC)cc3)cc2)nn1. The lowest BCUT2D eigenvalue weighted by molar-refractivity contribution is -0.209. The van der Waals surface area contributed by atoms with E-state index in [0.717, 1.165) is 56.4 Å². The molecule has 7 nitrogen and oxygen atoms in total. The van der Waals surface area contributed by atoms with Gasteiger partial charge in [-0.25, -0.2) is 4.68 Å². The second kappa shape index (κ2) is 11.5. The predicted molar refractivity (Wildman–Crippen MR) is 138 cm³/mol. The molecule has 2 saturated heterocycles. The number of aliphatic hydroxyl groups is 1. The van der Waals surface area contributed by atoms with E-state index in [9.17, 15) is 5.11 Å². The molecule has 2 fully saturated rings. The van der Waals surface area contributed by atoms with E-state index in [2.05, 4.69) is 59.8 Å². The third-order valence-electron chi connectivity index (χ3n) is 7.51. The molecule has 7 heteroatoms. The molecule has 2 aliphatic rings. The first-order valence-electron chi connectivity index (χ1n) is 13.2. The molecule has 2 aromatic carbocycles. The summed E-state index contributed by atoms with van der Waals surface area (Å²) in [7, 11) is 1.69. The lowest BCUT2D eigenvalue weighted by Gasteiger charge is -2.45. The Bertz CT molecular complexity index is 1100. The summed E-state index contributed by atoms with van der Waals surface area (Å²) in [4.78, 5) is 0. The van der Waals surface area contributed by atoms with Crippen molar-refractivity contribution in [2.24, 2.45) is 0 Å². The Morgan fingerprint density at radius 1 is 0.972 bits per heavy atom. The summed E-state index contributed by atoms with van der Waals surface area (Å²) in [5, 5.41) is 18.5. The van der Waals surface area contributed by atoms with Gasteiger partial charge in [-0.05, 0) is 60.9 Å². The quantitative estimate of drug-likeness (QED) is 0.464. The molecule has 0 radical (unpaired) electrons. The van der Waals surface area contributed by atoms with E-state index in [1.807, 2.05) is 16.8 Å². The molecule has 2 aliphatic heterocycles. The molecule has 36 heavy (non-hydrogen) atoms. The van der Waals surface area contributed by atoms with Crippen molar-refractivity contribution < 1.29 is 19.3 Å². The molecule has 0 amide bonds. The standard InChI is InChI=1S/C29H37N3O4/c1-3-4-23-18-32(31-30-23)26-17-29-28(16-14-25(19-33)35-29)36-27(26)15-7-20-5-8-21(9-6-20)22-10-12-24(34-2)13-11-22/h5-6,8-13,18,25-29,33H,3-4,7,14-17,19H2,1-2H3/t25-,26+,27-,28+,29+/m1/s1. The molecular formula is C29H37N3O4. The highest BCUT2D eigenvalue weighted by Crippen LogP contribution is 2.38. The van der Waals surface area contributed by atoms with E-state index in [0.29, 0.717) is 0 Å². The molecule has 0 bridgehead atoms. The summed E-state index contributed by atoms with van der Waals surface area (Å²) < 4.78 is 20.1. The zero-order chi connectivity index (χ0) is 24.9. The number of methoxy groups -OCH3 is 1. The van der Waals surface area contributed by atoms with Crippen LogP contribution in [0.25, 0.3) is 11.1 Å². The predicted octanol–water partition coefficient (Wildman–Crippen LogP) is 4.78. The lowest BCUT2D eigenvalue weighted by Crippen LogP contribution is -2.51. The topological polar surface area (TPSA) is 78.6 Å². The maximum atomic E-state index is 9.61. The van der Waals surface area contributed by atoms with Crippen LogP contribution in [-0.2, 0) is 22.3 Å². The summed E-state index contributed by atoms with van der Waals surface area (Å²) in [5.74, 6) is 0.865. The molecule has 3 heterocycles. The van der Waals surface area contributed by atoms with E-state index in [1.54, 1.807) is 7.11 Å². The molecule has 1 N–H and O–H groups in total. The Kier molecular flexibility index (Phi) is 7.99. The number of aliphatic hydroxyl groups excluding tert-OH is 1. The van der Waals surface area contributed by atoms with Gasteiger partial charge in [0.2, 0.25) is 0 Å². The van der Waals surface area contributed by atoms with Gasteiger partial charge in [0.25, 0.3) is 0 Å². The summed E-state index contributed by atoms with van der Waals surface area (Å²) in [6.07, 6.45) is 8.47. The van der Waals surface area contributed by atoms with Gasteiger partial charge in [-0.2, -0.15) is 0 Å². The summed E-state index contributed by atoms with van der Waals surface area (Å²) in [5.41, 5.74) is 4.68. The average Bonchev–Trinajstić information content (AvgIpc) is 3.40. The zero-order valence-corrected chi connectivity index (χ0v) is 21.3. The molecule has 0 saturated carbocycles. The Morgan fingerprint density at radius 3 is 2.42 bits per heavy atom. The fourth-order valence-electron chi connectivity index (χ4n) is 5.48. The highest BCUT2D eigenvalue weighted by Gasteiger charge is 2.43. The first-order chi connectivity index (χ1) is 17.7. The van der Waals surface area contributed by atoms with Crippen LogP contribution in [0.15, 0.2) is 54.7 Å². The highest BCUT2D eigenvalue weighted by atomic mass is 16.6. The summed E-state index contributed by atoms with van der Waals surface area (Å²) in [6.45, 7) is 2.22. The van der Waals surface area contributed by atoms with Gasteiger partial charge >= 0.3 is 0 Å². The first-order valence-corrected chi connectivity index (χ1v) is 13.2. The van der Waals surface area contributed by atoms with Crippen molar-refractivity contribution >= 4 is 0 Å². The fourth-order valence-corrected chi connectivity index (χ4v) is 5.48. The van der Waals surface area contributed by atoms with Crippen molar-refractivity contribution in [1.82, 2.24) is 15.0 Å². The van der Waals surface area contributed by atoms with Crippen LogP contribution in [0.2, 0.25) is 0 Å². The van der Waals surface area contributed by atoms with Crippen molar-refractivity contribution in [3.8, 4) is 16.9 Å². The molecule has 5 rings (SSSR count). The monoisotopic (exact) mass is 491 g/mol. The Morgan fingerprint density at radius 2 is 1.72 bits per heavy atom. The number of nitrogens with zero attached hydrogens (tertiary/aromatic N) is 3. The second-order valence-electron chi connectivity index (χ2n) is 9.98. The van der Waals surface area contributed by atoms with Crippen LogP contribution in [0, 0.1) is 0 Å². The van der Waals surface area contributed by atoms with Crippen molar-refractivity contribution in [2.75, 3.05) is 13.7 Å². The van der Waals surface area contributed by atoms with Crippen molar-refractivity contribution in [1.29, 1.82) is 0 Å². The normalized spacial score (nSPS) is 25.9. The zero-order valence-electron chi connectivity index (χ0n) is 21.3. The third-order valence-corrected chi connectivity index (χ3v) is 7.51. The number of hydrogen-bond donors (Lipinski definition) is 1. The summed E-state index contributed by atoms with van der Waals surface area (Å²) in [6, 6.07) is 17.0. The van der Waals surface area contributed by atoms with Gasteiger partial charge in [0.15, 0.2) is 0 Å². The molecule has 0 aliphatic carbocycles. The lowest BCUT2D eigenvalue weighted by atomic mass is 9.88. The van der Waals surface area contributed by atoms with Crippen molar-refractivity contribution in [2.45, 2.75) is 82.3 Å². The number of aryl methyl sites for hydroxylation is 2. The number of fused-ring (bicyclic) bond motifs is 1. The number of ether oxygens (including phenoxy) is 3. The van der Waals surface area contributed by atoms with Gasteiger partial charge in [-0.1, -0.05) is 55.0 Å². The van der Waals surface area contributed by atoms with Crippen LogP contribution >= 0.6 is 0 Å². The van der Waals surface area contributed by atoms with Gasteiger partial charge < -0.3 is 19.3 Å². The van der Waals surface area contributed by atoms with Crippen LogP contribution in [-0.4, -0.2) is 58.2 Å². The molecular weight excluding hydrogens is 454 g/mol. The average molecular weight is 492 g/mol. The van der Waals surface area contributed by atoms with Crippen molar-refractivity contribution in [3.63, 3.8) is 0 Å². The number of benzene rings is 2. The highest BCUT2D eigenvalue weighted by molar-refractivity contribution is 5.64. The van der Waals surface area contributed by atoms with Gasteiger partial charge in [-0.15, -0.1) is 5.10 Å². The second-order valence-corrected chi connectivity index (χ2v) is 9.98. The molecule has 192 valence electrons. The summed E-state index contributed by atoms with van der Waals surface area (Å²) >= 11 is 0. The van der Waals surface area contributed by atoms with Gasteiger partial charge in [0, 0.05) is 12.6 Å². The van der Waals surface area contributed by atoms with Crippen LogP contribution < -0.4 is 4.74 Å². The Balaban J connectivity index is 1.28. The Hall–Kier alpha value is -2.74. The first kappa shape index (κ1) is 24.9. The van der Waals surface area contributed by atoms with Crippen LogP contribution in [0.1, 0.15) is 56.3 Å². The number of aromatic nitrogens is 3. The number of rotatable bonds is 9. The Labute approximate surface area is 213 Å². The van der Waals surface area contributed by atoms with Crippen molar-refractivity contribution in [3.05, 3.63) is 66.0 Å². The minimum absolute atomic E-state index is 0.0141. The van der Waals surface area contributed by atoms with Crippen LogP contribution in [0.4, 0.5) is 0 Å². The maximum Gasteiger partial charge on any atom is 0.118 e. The largest absolute Gasteiger partial charge is 0.497 e. The fraction of sp³-hybridized carbons (Fsp3) is 0.517. The van der Waals surface area contributed by atoms with E-state index >= 15 is 0 Å². The van der Waals surface area contributed by atoms with Gasteiger partial charge in [0.1, 0.15) is 5.75 Å². The van der Waals surface area contributed by atoms with E-state index in [1.165, 1.54) is 16.7 Å².